The van der Waals surface area contributed by atoms with Crippen molar-refractivity contribution in [2.75, 3.05) is 31.5 Å². The molecule has 0 saturated carbocycles. The predicted octanol–water partition coefficient (Wildman–Crippen LogP) is 3.07. The van der Waals surface area contributed by atoms with Crippen LogP contribution in [0.1, 0.15) is 27.2 Å². The van der Waals surface area contributed by atoms with Crippen LogP contribution in [0.15, 0.2) is 24.3 Å². The van der Waals surface area contributed by atoms with E-state index in [1.807, 2.05) is 20.8 Å². The van der Waals surface area contributed by atoms with Crippen molar-refractivity contribution in [2.45, 2.75) is 44.9 Å². The van der Waals surface area contributed by atoms with Gasteiger partial charge >= 0.3 is 12.2 Å². The maximum absolute atomic E-state index is 13.1. The van der Waals surface area contributed by atoms with Crippen LogP contribution >= 0.6 is 0 Å². The first kappa shape index (κ1) is 19.4. The third-order valence-electron chi connectivity index (χ3n) is 4.55. The second-order valence-electron chi connectivity index (χ2n) is 7.99. The van der Waals surface area contributed by atoms with Crippen molar-refractivity contribution in [3.05, 3.63) is 30.1 Å². The van der Waals surface area contributed by atoms with E-state index in [9.17, 15) is 14.0 Å². The summed E-state index contributed by atoms with van der Waals surface area (Å²) in [6, 6.07) is 5.91. The predicted molar refractivity (Wildman–Crippen MR) is 98.1 cm³/mol. The van der Waals surface area contributed by atoms with Gasteiger partial charge < -0.3 is 14.4 Å². The summed E-state index contributed by atoms with van der Waals surface area (Å²) < 4.78 is 23.9. The molecule has 27 heavy (non-hydrogen) atoms. The van der Waals surface area contributed by atoms with Crippen LogP contribution < -0.4 is 5.32 Å². The van der Waals surface area contributed by atoms with Crippen LogP contribution in [0.25, 0.3) is 0 Å². The summed E-state index contributed by atoms with van der Waals surface area (Å²) in [6.45, 7) is 8.10. The second-order valence-corrected chi connectivity index (χ2v) is 7.99. The molecule has 148 valence electrons. The molecule has 7 nitrogen and oxygen atoms in total. The topological polar surface area (TPSA) is 71.1 Å². The van der Waals surface area contributed by atoms with Crippen LogP contribution in [-0.2, 0) is 9.47 Å². The Balaban J connectivity index is 1.38. The Morgan fingerprint density at radius 1 is 1.22 bits per heavy atom. The fraction of sp³-hybridized carbons (Fsp3) is 0.579. The molecule has 2 fully saturated rings. The summed E-state index contributed by atoms with van der Waals surface area (Å²) >= 11 is 0. The average molecular weight is 379 g/mol. The lowest BCUT2D eigenvalue weighted by molar-refractivity contribution is -0.0293. The van der Waals surface area contributed by atoms with Crippen molar-refractivity contribution < 1.29 is 23.5 Å². The van der Waals surface area contributed by atoms with E-state index in [-0.39, 0.29) is 18.2 Å². The van der Waals surface area contributed by atoms with Crippen molar-refractivity contribution in [3.8, 4) is 0 Å². The number of benzene rings is 1. The molecule has 0 aromatic heterocycles. The van der Waals surface area contributed by atoms with Gasteiger partial charge in [-0.1, -0.05) is 6.07 Å². The molecule has 1 unspecified atom stereocenters. The standard InChI is InChI=1S/C19H26FN3O4/c1-19(2,3)27-18(25)22-8-7-15(10-22)23-11-16(12-23)26-17(24)21-14-6-4-5-13(20)9-14/h4-6,9,15-16H,7-8,10-12H2,1-3H3,(H,21,24). The number of hydrogen-bond acceptors (Lipinski definition) is 5. The molecule has 2 heterocycles. The zero-order valence-corrected chi connectivity index (χ0v) is 15.9. The number of carbonyl (C=O) groups excluding carboxylic acids is 2. The number of amides is 2. The third-order valence-corrected chi connectivity index (χ3v) is 4.55. The number of likely N-dealkylation sites (tertiary alicyclic amines) is 2. The van der Waals surface area contributed by atoms with E-state index in [0.717, 1.165) is 6.42 Å². The molecule has 1 atom stereocenters. The summed E-state index contributed by atoms with van der Waals surface area (Å²) in [7, 11) is 0. The van der Waals surface area contributed by atoms with Gasteiger partial charge in [0.05, 0.1) is 0 Å². The highest BCUT2D eigenvalue weighted by atomic mass is 19.1. The minimum absolute atomic E-state index is 0.200. The Bertz CT molecular complexity index is 700. The van der Waals surface area contributed by atoms with Gasteiger partial charge in [-0.15, -0.1) is 0 Å². The smallest absolute Gasteiger partial charge is 0.411 e. The quantitative estimate of drug-likeness (QED) is 0.874. The maximum atomic E-state index is 13.1. The van der Waals surface area contributed by atoms with Crippen LogP contribution in [0.5, 0.6) is 0 Å². The van der Waals surface area contributed by atoms with Crippen molar-refractivity contribution in [1.82, 2.24) is 9.80 Å². The van der Waals surface area contributed by atoms with Crippen molar-refractivity contribution in [3.63, 3.8) is 0 Å². The largest absolute Gasteiger partial charge is 0.444 e. The molecule has 1 aromatic rings. The molecule has 2 aliphatic rings. The number of carbonyl (C=O) groups is 2. The Morgan fingerprint density at radius 3 is 2.63 bits per heavy atom. The lowest BCUT2D eigenvalue weighted by Crippen LogP contribution is -2.58. The molecule has 1 N–H and O–H groups in total. The van der Waals surface area contributed by atoms with Gasteiger partial charge in [-0.25, -0.2) is 14.0 Å². The average Bonchev–Trinajstić information content (AvgIpc) is 2.98. The van der Waals surface area contributed by atoms with E-state index in [1.165, 1.54) is 18.2 Å². The summed E-state index contributed by atoms with van der Waals surface area (Å²) in [5.41, 5.74) is -0.139. The van der Waals surface area contributed by atoms with Gasteiger partial charge in [0.15, 0.2) is 0 Å². The van der Waals surface area contributed by atoms with E-state index in [1.54, 1.807) is 11.0 Å². The van der Waals surface area contributed by atoms with Crippen LogP contribution in [-0.4, -0.2) is 65.9 Å². The highest BCUT2D eigenvalue weighted by Crippen LogP contribution is 2.24. The molecule has 3 rings (SSSR count). The minimum atomic E-state index is -0.591. The molecule has 0 spiro atoms. The van der Waals surface area contributed by atoms with Crippen LogP contribution in [0, 0.1) is 5.82 Å². The molecule has 0 radical (unpaired) electrons. The lowest BCUT2D eigenvalue weighted by atomic mass is 10.1. The number of nitrogens with one attached hydrogen (secondary N) is 1. The molecule has 0 bridgehead atoms. The van der Waals surface area contributed by atoms with Crippen molar-refractivity contribution in [1.29, 1.82) is 0 Å². The van der Waals surface area contributed by atoms with E-state index < -0.39 is 17.5 Å². The lowest BCUT2D eigenvalue weighted by Gasteiger charge is -2.42. The number of halogens is 1. The second kappa shape index (κ2) is 7.72. The van der Waals surface area contributed by atoms with E-state index in [4.69, 9.17) is 9.47 Å². The number of anilines is 1. The summed E-state index contributed by atoms with van der Waals surface area (Å²) in [5, 5.41) is 2.52. The highest BCUT2D eigenvalue weighted by Gasteiger charge is 2.39. The number of ether oxygens (including phenoxy) is 2. The van der Waals surface area contributed by atoms with Crippen molar-refractivity contribution >= 4 is 17.9 Å². The molecule has 2 saturated heterocycles. The summed E-state index contributed by atoms with van der Waals surface area (Å²) in [5.74, 6) is -0.418. The van der Waals surface area contributed by atoms with Gasteiger partial charge in [0.25, 0.3) is 0 Å². The molecule has 2 aliphatic heterocycles. The van der Waals surface area contributed by atoms with Gasteiger partial charge in [0.2, 0.25) is 0 Å². The summed E-state index contributed by atoms with van der Waals surface area (Å²) in [4.78, 5) is 27.9. The summed E-state index contributed by atoms with van der Waals surface area (Å²) in [6.07, 6.45) is -0.199. The fourth-order valence-electron chi connectivity index (χ4n) is 3.24. The molecule has 2 amide bonds. The van der Waals surface area contributed by atoms with Gasteiger partial charge in [0.1, 0.15) is 17.5 Å². The zero-order chi connectivity index (χ0) is 19.6. The van der Waals surface area contributed by atoms with Crippen LogP contribution in [0.3, 0.4) is 0 Å². The van der Waals surface area contributed by atoms with E-state index >= 15 is 0 Å². The fourth-order valence-corrected chi connectivity index (χ4v) is 3.24. The van der Waals surface area contributed by atoms with E-state index in [0.29, 0.717) is 31.9 Å². The van der Waals surface area contributed by atoms with Gasteiger partial charge in [-0.05, 0) is 45.4 Å². The molecular formula is C19H26FN3O4. The molecule has 0 aliphatic carbocycles. The Hall–Kier alpha value is -2.35. The molecule has 1 aromatic carbocycles. The van der Waals surface area contributed by atoms with E-state index in [2.05, 4.69) is 10.2 Å². The number of nitrogens with zero attached hydrogens (tertiary/aromatic N) is 2. The molecular weight excluding hydrogens is 353 g/mol. The number of rotatable bonds is 3. The first-order valence-corrected chi connectivity index (χ1v) is 9.15. The first-order chi connectivity index (χ1) is 12.7. The van der Waals surface area contributed by atoms with Crippen molar-refractivity contribution in [2.24, 2.45) is 0 Å². The van der Waals surface area contributed by atoms with Crippen LogP contribution in [0.4, 0.5) is 19.7 Å². The van der Waals surface area contributed by atoms with Crippen LogP contribution in [0.2, 0.25) is 0 Å². The Morgan fingerprint density at radius 2 is 1.96 bits per heavy atom. The molecule has 8 heteroatoms. The van der Waals surface area contributed by atoms with Gasteiger partial charge in [0, 0.05) is 37.9 Å². The normalized spacial score (nSPS) is 20.9. The zero-order valence-electron chi connectivity index (χ0n) is 15.9. The maximum Gasteiger partial charge on any atom is 0.411 e. The number of hydrogen-bond donors (Lipinski definition) is 1. The highest BCUT2D eigenvalue weighted by molar-refractivity contribution is 5.84. The van der Waals surface area contributed by atoms with Gasteiger partial charge in [-0.2, -0.15) is 0 Å². The van der Waals surface area contributed by atoms with Gasteiger partial charge in [-0.3, -0.25) is 10.2 Å². The SMILES string of the molecule is CC(C)(C)OC(=O)N1CCC(N2CC(OC(=O)Nc3cccc(F)c3)C2)C1. The Kier molecular flexibility index (Phi) is 5.55. The first-order valence-electron chi connectivity index (χ1n) is 9.15. The monoisotopic (exact) mass is 379 g/mol. The minimum Gasteiger partial charge on any atom is -0.444 e. The third kappa shape index (κ3) is 5.32. The Labute approximate surface area is 158 Å².